The third-order valence-electron chi connectivity index (χ3n) is 4.97. The van der Waals surface area contributed by atoms with Crippen LogP contribution < -0.4 is 10.5 Å². The van der Waals surface area contributed by atoms with Crippen LogP contribution in [0.15, 0.2) is 54.6 Å². The standard InChI is InChI=1S/C22H29NO2/c1-22(2,23)15-18-13-17(14-21(18)24)12-16-8-10-20(11-9-16)25-19-6-4-3-5-7-19/h3-11,17-18,21,24H,12-15,23H2,1-2H3. The molecule has 2 aromatic rings. The van der Waals surface area contributed by atoms with Crippen LogP contribution in [0.3, 0.4) is 0 Å². The molecule has 0 heterocycles. The van der Waals surface area contributed by atoms with E-state index in [0.717, 1.165) is 37.2 Å². The molecule has 0 aromatic heterocycles. The number of aliphatic hydroxyl groups excluding tert-OH is 1. The Bertz CT molecular complexity index is 661. The largest absolute Gasteiger partial charge is 0.457 e. The third-order valence-corrected chi connectivity index (χ3v) is 4.97. The second kappa shape index (κ2) is 7.59. The van der Waals surface area contributed by atoms with E-state index >= 15 is 0 Å². The van der Waals surface area contributed by atoms with Crippen LogP contribution in [0.5, 0.6) is 11.5 Å². The van der Waals surface area contributed by atoms with Crippen LogP contribution in [0.25, 0.3) is 0 Å². The van der Waals surface area contributed by atoms with Crippen molar-refractivity contribution in [2.45, 2.75) is 51.2 Å². The average molecular weight is 339 g/mol. The predicted octanol–water partition coefficient (Wildman–Crippen LogP) is 4.54. The molecule has 0 amide bonds. The van der Waals surface area contributed by atoms with Gasteiger partial charge < -0.3 is 15.6 Å². The van der Waals surface area contributed by atoms with E-state index in [4.69, 9.17) is 10.5 Å². The molecule has 3 rings (SSSR count). The molecule has 0 saturated heterocycles. The van der Waals surface area contributed by atoms with Gasteiger partial charge in [-0.1, -0.05) is 30.3 Å². The van der Waals surface area contributed by atoms with E-state index < -0.39 is 0 Å². The molecule has 3 nitrogen and oxygen atoms in total. The molecule has 134 valence electrons. The molecular formula is C22H29NO2. The summed E-state index contributed by atoms with van der Waals surface area (Å²) >= 11 is 0. The second-order valence-corrected chi connectivity index (χ2v) is 8.12. The van der Waals surface area contributed by atoms with Gasteiger partial charge in [-0.3, -0.25) is 0 Å². The fraction of sp³-hybridized carbons (Fsp3) is 0.455. The molecule has 3 heteroatoms. The van der Waals surface area contributed by atoms with Crippen LogP contribution in [0, 0.1) is 11.8 Å². The minimum atomic E-state index is -0.214. The Balaban J connectivity index is 1.55. The highest BCUT2D eigenvalue weighted by Gasteiger charge is 2.35. The van der Waals surface area contributed by atoms with Gasteiger partial charge in [-0.2, -0.15) is 0 Å². The molecule has 25 heavy (non-hydrogen) atoms. The van der Waals surface area contributed by atoms with Crippen molar-refractivity contribution in [2.24, 2.45) is 17.6 Å². The van der Waals surface area contributed by atoms with Gasteiger partial charge in [0, 0.05) is 5.54 Å². The number of nitrogens with two attached hydrogens (primary N) is 1. The van der Waals surface area contributed by atoms with E-state index in [1.807, 2.05) is 56.3 Å². The Morgan fingerprint density at radius 2 is 1.64 bits per heavy atom. The minimum absolute atomic E-state index is 0.211. The van der Waals surface area contributed by atoms with Gasteiger partial charge in [-0.05, 0) is 81.2 Å². The quantitative estimate of drug-likeness (QED) is 0.812. The molecule has 0 radical (unpaired) electrons. The van der Waals surface area contributed by atoms with E-state index in [1.54, 1.807) is 0 Å². The van der Waals surface area contributed by atoms with Gasteiger partial charge in [0.15, 0.2) is 0 Å². The number of benzene rings is 2. The summed E-state index contributed by atoms with van der Waals surface area (Å²) in [5, 5.41) is 10.3. The Kier molecular flexibility index (Phi) is 5.45. The van der Waals surface area contributed by atoms with E-state index in [-0.39, 0.29) is 11.6 Å². The first kappa shape index (κ1) is 18.0. The van der Waals surface area contributed by atoms with Crippen LogP contribution in [0.4, 0.5) is 0 Å². The molecule has 1 fully saturated rings. The summed E-state index contributed by atoms with van der Waals surface area (Å²) in [6.45, 7) is 4.08. The summed E-state index contributed by atoms with van der Waals surface area (Å²) in [4.78, 5) is 0. The zero-order valence-electron chi connectivity index (χ0n) is 15.2. The average Bonchev–Trinajstić information content (AvgIpc) is 2.88. The first-order valence-electron chi connectivity index (χ1n) is 9.18. The fourth-order valence-corrected chi connectivity index (χ4v) is 3.93. The Morgan fingerprint density at radius 3 is 2.28 bits per heavy atom. The lowest BCUT2D eigenvalue weighted by atomic mass is 9.88. The van der Waals surface area contributed by atoms with Crippen LogP contribution in [-0.4, -0.2) is 16.7 Å². The lowest BCUT2D eigenvalue weighted by molar-refractivity contribution is 0.115. The zero-order chi connectivity index (χ0) is 17.9. The number of hydrogen-bond donors (Lipinski definition) is 2. The fourth-order valence-electron chi connectivity index (χ4n) is 3.93. The maximum absolute atomic E-state index is 10.3. The van der Waals surface area contributed by atoms with Crippen LogP contribution >= 0.6 is 0 Å². The van der Waals surface area contributed by atoms with Crippen molar-refractivity contribution in [3.05, 3.63) is 60.2 Å². The molecule has 0 spiro atoms. The first-order valence-corrected chi connectivity index (χ1v) is 9.18. The number of rotatable bonds is 6. The van der Waals surface area contributed by atoms with Crippen molar-refractivity contribution in [3.8, 4) is 11.5 Å². The van der Waals surface area contributed by atoms with Gasteiger partial charge in [-0.15, -0.1) is 0 Å². The second-order valence-electron chi connectivity index (χ2n) is 8.12. The van der Waals surface area contributed by atoms with Crippen molar-refractivity contribution in [1.29, 1.82) is 0 Å². The molecule has 3 atom stereocenters. The van der Waals surface area contributed by atoms with Crippen molar-refractivity contribution in [1.82, 2.24) is 0 Å². The van der Waals surface area contributed by atoms with Gasteiger partial charge >= 0.3 is 0 Å². The molecule has 0 bridgehead atoms. The highest BCUT2D eigenvalue weighted by atomic mass is 16.5. The predicted molar refractivity (Wildman–Crippen MR) is 102 cm³/mol. The topological polar surface area (TPSA) is 55.5 Å². The summed E-state index contributed by atoms with van der Waals surface area (Å²) in [6.07, 6.45) is 3.61. The summed E-state index contributed by atoms with van der Waals surface area (Å²) < 4.78 is 5.84. The van der Waals surface area contributed by atoms with Gasteiger partial charge in [0.25, 0.3) is 0 Å². The third kappa shape index (κ3) is 5.32. The number of ether oxygens (including phenoxy) is 1. The Morgan fingerprint density at radius 1 is 1.00 bits per heavy atom. The molecule has 3 unspecified atom stereocenters. The van der Waals surface area contributed by atoms with Crippen molar-refractivity contribution in [3.63, 3.8) is 0 Å². The summed E-state index contributed by atoms with van der Waals surface area (Å²) in [5.41, 5.74) is 7.22. The summed E-state index contributed by atoms with van der Waals surface area (Å²) in [6, 6.07) is 18.1. The molecule has 1 aliphatic carbocycles. The minimum Gasteiger partial charge on any atom is -0.457 e. The highest BCUT2D eigenvalue weighted by Crippen LogP contribution is 2.37. The molecule has 0 aliphatic heterocycles. The number of aliphatic hydroxyl groups is 1. The van der Waals surface area contributed by atoms with Gasteiger partial charge in [0.1, 0.15) is 11.5 Å². The van der Waals surface area contributed by atoms with E-state index in [2.05, 4.69) is 12.1 Å². The first-order chi connectivity index (χ1) is 11.9. The lowest BCUT2D eigenvalue weighted by Crippen LogP contribution is -2.36. The summed E-state index contributed by atoms with van der Waals surface area (Å²) in [7, 11) is 0. The molecular weight excluding hydrogens is 310 g/mol. The lowest BCUT2D eigenvalue weighted by Gasteiger charge is -2.25. The maximum atomic E-state index is 10.3. The van der Waals surface area contributed by atoms with E-state index in [0.29, 0.717) is 11.8 Å². The van der Waals surface area contributed by atoms with Crippen LogP contribution in [-0.2, 0) is 6.42 Å². The van der Waals surface area contributed by atoms with Gasteiger partial charge in [-0.25, -0.2) is 0 Å². The van der Waals surface area contributed by atoms with Crippen LogP contribution in [0.2, 0.25) is 0 Å². The zero-order valence-corrected chi connectivity index (χ0v) is 15.2. The van der Waals surface area contributed by atoms with Crippen molar-refractivity contribution in [2.75, 3.05) is 0 Å². The molecule has 3 N–H and O–H groups in total. The van der Waals surface area contributed by atoms with E-state index in [9.17, 15) is 5.11 Å². The monoisotopic (exact) mass is 339 g/mol. The number of para-hydroxylation sites is 1. The molecule has 1 aliphatic rings. The highest BCUT2D eigenvalue weighted by molar-refractivity contribution is 5.33. The SMILES string of the molecule is CC(C)(N)CC1CC(Cc2ccc(Oc3ccccc3)cc2)CC1O. The normalized spacial score (nSPS) is 23.6. The summed E-state index contributed by atoms with van der Waals surface area (Å²) in [5.74, 6) is 2.56. The van der Waals surface area contributed by atoms with Crippen molar-refractivity contribution >= 4 is 0 Å². The Labute approximate surface area is 150 Å². The van der Waals surface area contributed by atoms with Gasteiger partial charge in [0.2, 0.25) is 0 Å². The molecule has 2 aromatic carbocycles. The van der Waals surface area contributed by atoms with E-state index in [1.165, 1.54) is 5.56 Å². The number of hydrogen-bond acceptors (Lipinski definition) is 3. The van der Waals surface area contributed by atoms with Crippen molar-refractivity contribution < 1.29 is 9.84 Å². The Hall–Kier alpha value is -1.84. The van der Waals surface area contributed by atoms with Crippen LogP contribution in [0.1, 0.15) is 38.7 Å². The maximum Gasteiger partial charge on any atom is 0.127 e. The molecule has 1 saturated carbocycles. The van der Waals surface area contributed by atoms with Gasteiger partial charge in [0.05, 0.1) is 6.10 Å². The smallest absolute Gasteiger partial charge is 0.127 e.